The molecule has 104 valence electrons. The van der Waals surface area contributed by atoms with E-state index in [0.29, 0.717) is 18.8 Å². The van der Waals surface area contributed by atoms with Crippen LogP contribution in [0.5, 0.6) is 0 Å². The van der Waals surface area contributed by atoms with Crippen molar-refractivity contribution in [1.29, 1.82) is 0 Å². The zero-order valence-corrected chi connectivity index (χ0v) is 11.2. The maximum Gasteiger partial charge on any atom is 0.276 e. The zero-order chi connectivity index (χ0) is 13.5. The summed E-state index contributed by atoms with van der Waals surface area (Å²) in [5, 5.41) is 4.02. The Bertz CT molecular complexity index is 658. The van der Waals surface area contributed by atoms with Crippen molar-refractivity contribution in [2.24, 2.45) is 0 Å². The van der Waals surface area contributed by atoms with Crippen molar-refractivity contribution >= 4 is 5.91 Å². The van der Waals surface area contributed by atoms with E-state index in [9.17, 15) is 4.79 Å². The monoisotopic (exact) mass is 272 g/mol. The number of carbonyl (C=O) groups excluding carboxylic acids is 1. The fourth-order valence-electron chi connectivity index (χ4n) is 3.09. The van der Waals surface area contributed by atoms with Gasteiger partial charge in [-0.15, -0.1) is 0 Å². The Morgan fingerprint density at radius 2 is 2.20 bits per heavy atom. The molecule has 20 heavy (non-hydrogen) atoms. The standard InChI is InChI=1S/C14H16N4O2/c19-14(13-9-3-1-2-4-12(9)20-17-13)18-6-5-10-11(7-18)16-8-15-10/h8H,1-7H2,(H,15,16). The molecule has 2 aromatic heterocycles. The predicted molar refractivity (Wildman–Crippen MR) is 70.2 cm³/mol. The molecule has 1 aliphatic carbocycles. The van der Waals surface area contributed by atoms with E-state index in [1.165, 1.54) is 0 Å². The SMILES string of the molecule is O=C(c1noc2c1CCCC2)N1CCc2nc[nH]c2C1. The first-order chi connectivity index (χ1) is 9.83. The molecular weight excluding hydrogens is 256 g/mol. The van der Waals surface area contributed by atoms with Gasteiger partial charge in [0, 0.05) is 24.9 Å². The lowest BCUT2D eigenvalue weighted by molar-refractivity contribution is 0.0720. The van der Waals surface area contributed by atoms with Gasteiger partial charge in [0.1, 0.15) is 5.76 Å². The third-order valence-electron chi connectivity index (χ3n) is 4.21. The van der Waals surface area contributed by atoms with E-state index in [-0.39, 0.29) is 5.91 Å². The molecule has 0 saturated heterocycles. The summed E-state index contributed by atoms with van der Waals surface area (Å²) in [4.78, 5) is 21.8. The van der Waals surface area contributed by atoms with Gasteiger partial charge in [-0.25, -0.2) is 4.98 Å². The fourth-order valence-corrected chi connectivity index (χ4v) is 3.09. The van der Waals surface area contributed by atoms with E-state index in [1.54, 1.807) is 6.33 Å². The maximum absolute atomic E-state index is 12.6. The Morgan fingerprint density at radius 3 is 3.15 bits per heavy atom. The highest BCUT2D eigenvalue weighted by molar-refractivity contribution is 5.94. The van der Waals surface area contributed by atoms with Crippen LogP contribution in [-0.4, -0.2) is 32.5 Å². The van der Waals surface area contributed by atoms with Crippen LogP contribution in [0, 0.1) is 0 Å². The summed E-state index contributed by atoms with van der Waals surface area (Å²) in [5.41, 5.74) is 3.64. The van der Waals surface area contributed by atoms with Crippen LogP contribution < -0.4 is 0 Å². The van der Waals surface area contributed by atoms with Crippen LogP contribution in [0.1, 0.15) is 46.0 Å². The lowest BCUT2D eigenvalue weighted by atomic mass is 9.96. The first kappa shape index (κ1) is 11.7. The van der Waals surface area contributed by atoms with Crippen molar-refractivity contribution in [2.75, 3.05) is 6.54 Å². The van der Waals surface area contributed by atoms with Crippen molar-refractivity contribution in [3.63, 3.8) is 0 Å². The predicted octanol–water partition coefficient (Wildman–Crippen LogP) is 1.48. The number of nitrogens with zero attached hydrogens (tertiary/aromatic N) is 3. The number of hydrogen-bond donors (Lipinski definition) is 1. The van der Waals surface area contributed by atoms with Crippen LogP contribution in [0.3, 0.4) is 0 Å². The van der Waals surface area contributed by atoms with Gasteiger partial charge in [0.05, 0.1) is 24.3 Å². The first-order valence-corrected chi connectivity index (χ1v) is 7.11. The Hall–Kier alpha value is -2.11. The van der Waals surface area contributed by atoms with Gasteiger partial charge in [-0.2, -0.15) is 0 Å². The smallest absolute Gasteiger partial charge is 0.276 e. The lowest BCUT2D eigenvalue weighted by Crippen LogP contribution is -2.36. The number of nitrogens with one attached hydrogen (secondary N) is 1. The van der Waals surface area contributed by atoms with Gasteiger partial charge in [-0.1, -0.05) is 5.16 Å². The third-order valence-corrected chi connectivity index (χ3v) is 4.21. The first-order valence-electron chi connectivity index (χ1n) is 7.11. The van der Waals surface area contributed by atoms with Gasteiger partial charge in [-0.3, -0.25) is 4.79 Å². The summed E-state index contributed by atoms with van der Waals surface area (Å²) in [5.74, 6) is 0.885. The molecule has 0 fully saturated rings. The molecule has 0 atom stereocenters. The molecule has 6 heteroatoms. The van der Waals surface area contributed by atoms with E-state index in [2.05, 4.69) is 15.1 Å². The van der Waals surface area contributed by atoms with Gasteiger partial charge >= 0.3 is 0 Å². The second-order valence-electron chi connectivity index (χ2n) is 5.44. The van der Waals surface area contributed by atoms with Crippen LogP contribution in [0.2, 0.25) is 0 Å². The zero-order valence-electron chi connectivity index (χ0n) is 11.2. The molecule has 1 N–H and O–H groups in total. The molecule has 1 aliphatic heterocycles. The molecule has 6 nitrogen and oxygen atoms in total. The summed E-state index contributed by atoms with van der Waals surface area (Å²) >= 11 is 0. The molecular formula is C14H16N4O2. The quantitative estimate of drug-likeness (QED) is 0.853. The van der Waals surface area contributed by atoms with Gasteiger partial charge in [0.25, 0.3) is 5.91 Å². The van der Waals surface area contributed by atoms with E-state index in [4.69, 9.17) is 4.52 Å². The molecule has 0 aromatic carbocycles. The number of rotatable bonds is 1. The average molecular weight is 272 g/mol. The maximum atomic E-state index is 12.6. The molecule has 1 amide bonds. The van der Waals surface area contributed by atoms with Crippen molar-refractivity contribution in [1.82, 2.24) is 20.0 Å². The van der Waals surface area contributed by atoms with Crippen LogP contribution in [0.4, 0.5) is 0 Å². The topological polar surface area (TPSA) is 75.0 Å². The van der Waals surface area contributed by atoms with E-state index in [1.807, 2.05) is 4.90 Å². The number of H-pyrrole nitrogens is 1. The summed E-state index contributed by atoms with van der Waals surface area (Å²) < 4.78 is 5.34. The lowest BCUT2D eigenvalue weighted by Gasteiger charge is -2.25. The Kier molecular flexibility index (Phi) is 2.61. The fraction of sp³-hybridized carbons (Fsp3) is 0.500. The Balaban J connectivity index is 1.61. The molecule has 0 radical (unpaired) electrons. The van der Waals surface area contributed by atoms with E-state index in [0.717, 1.165) is 54.8 Å². The minimum absolute atomic E-state index is 0.0165. The summed E-state index contributed by atoms with van der Waals surface area (Å²) in [6.45, 7) is 1.27. The van der Waals surface area contributed by atoms with Crippen LogP contribution in [0.25, 0.3) is 0 Å². The summed E-state index contributed by atoms with van der Waals surface area (Å²) in [6, 6.07) is 0. The molecule has 0 spiro atoms. The number of aromatic nitrogens is 3. The molecule has 3 heterocycles. The van der Waals surface area contributed by atoms with Crippen molar-refractivity contribution in [3.8, 4) is 0 Å². The van der Waals surface area contributed by atoms with Crippen LogP contribution in [-0.2, 0) is 25.8 Å². The van der Waals surface area contributed by atoms with Crippen molar-refractivity contribution in [2.45, 2.75) is 38.6 Å². The number of aromatic amines is 1. The molecule has 0 saturated carbocycles. The highest BCUT2D eigenvalue weighted by Gasteiger charge is 2.29. The Labute approximate surface area is 116 Å². The van der Waals surface area contributed by atoms with Gasteiger partial charge < -0.3 is 14.4 Å². The second-order valence-corrected chi connectivity index (χ2v) is 5.44. The van der Waals surface area contributed by atoms with Crippen LogP contribution >= 0.6 is 0 Å². The minimum atomic E-state index is -0.0165. The van der Waals surface area contributed by atoms with Crippen molar-refractivity contribution in [3.05, 3.63) is 34.7 Å². The largest absolute Gasteiger partial charge is 0.360 e. The van der Waals surface area contributed by atoms with Crippen LogP contribution in [0.15, 0.2) is 10.9 Å². The number of aryl methyl sites for hydroxylation is 1. The highest BCUT2D eigenvalue weighted by atomic mass is 16.5. The molecule has 4 rings (SSSR count). The highest BCUT2D eigenvalue weighted by Crippen LogP contribution is 2.26. The third kappa shape index (κ3) is 1.75. The van der Waals surface area contributed by atoms with E-state index >= 15 is 0 Å². The number of imidazole rings is 1. The minimum Gasteiger partial charge on any atom is -0.360 e. The van der Waals surface area contributed by atoms with Gasteiger partial charge in [-0.05, 0) is 19.3 Å². The number of fused-ring (bicyclic) bond motifs is 2. The summed E-state index contributed by atoms with van der Waals surface area (Å²) in [6.07, 6.45) is 6.53. The number of hydrogen-bond acceptors (Lipinski definition) is 4. The Morgan fingerprint density at radius 1 is 1.30 bits per heavy atom. The van der Waals surface area contributed by atoms with Gasteiger partial charge in [0.2, 0.25) is 0 Å². The number of amides is 1. The molecule has 2 aromatic rings. The molecule has 0 unspecified atom stereocenters. The van der Waals surface area contributed by atoms with E-state index < -0.39 is 0 Å². The number of carbonyl (C=O) groups is 1. The molecule has 0 bridgehead atoms. The van der Waals surface area contributed by atoms with Crippen molar-refractivity contribution < 1.29 is 9.32 Å². The van der Waals surface area contributed by atoms with Gasteiger partial charge in [0.15, 0.2) is 5.69 Å². The second kappa shape index (κ2) is 4.47. The normalized spacial score (nSPS) is 17.7. The molecule has 2 aliphatic rings. The summed E-state index contributed by atoms with van der Waals surface area (Å²) in [7, 11) is 0. The average Bonchev–Trinajstić information content (AvgIpc) is 3.12.